The lowest BCUT2D eigenvalue weighted by atomic mass is 10.1. The maximum absolute atomic E-state index is 11.5. The molecular formula is C15H15NO3S. The molecule has 1 N–H and O–H groups in total. The first-order valence-electron chi connectivity index (χ1n) is 6.20. The molecule has 1 heterocycles. The van der Waals surface area contributed by atoms with Crippen molar-refractivity contribution < 1.29 is 9.90 Å². The van der Waals surface area contributed by atoms with E-state index in [-0.39, 0.29) is 5.56 Å². The third-order valence-electron chi connectivity index (χ3n) is 2.94. The number of rotatable bonds is 5. The molecule has 0 bridgehead atoms. The molecule has 4 nitrogen and oxygen atoms in total. The van der Waals surface area contributed by atoms with Gasteiger partial charge in [0, 0.05) is 29.5 Å². The maximum atomic E-state index is 11.5. The fourth-order valence-electron chi connectivity index (χ4n) is 1.83. The van der Waals surface area contributed by atoms with Crippen molar-refractivity contribution in [2.45, 2.75) is 18.4 Å². The van der Waals surface area contributed by atoms with Crippen molar-refractivity contribution in [1.29, 1.82) is 0 Å². The summed E-state index contributed by atoms with van der Waals surface area (Å²) in [7, 11) is 0. The highest BCUT2D eigenvalue weighted by molar-refractivity contribution is 7.99. The first-order chi connectivity index (χ1) is 9.58. The largest absolute Gasteiger partial charge is 0.478 e. The highest BCUT2D eigenvalue weighted by Crippen LogP contribution is 2.21. The van der Waals surface area contributed by atoms with Crippen LogP contribution in [0, 0.1) is 6.92 Å². The molecule has 2 rings (SSSR count). The van der Waals surface area contributed by atoms with E-state index in [4.69, 9.17) is 5.11 Å². The van der Waals surface area contributed by atoms with Crippen LogP contribution in [0.1, 0.15) is 15.9 Å². The zero-order chi connectivity index (χ0) is 14.5. The van der Waals surface area contributed by atoms with Gasteiger partial charge in [-0.3, -0.25) is 4.79 Å². The summed E-state index contributed by atoms with van der Waals surface area (Å²) >= 11 is 1.54. The quantitative estimate of drug-likeness (QED) is 0.860. The standard InChI is InChI=1S/C15H15NO3S/c1-11-5-6-12(10-13(11)15(18)19)20-9-8-16-7-3-2-4-14(16)17/h2-7,10H,8-9H2,1H3,(H,18,19). The average molecular weight is 289 g/mol. The van der Waals surface area contributed by atoms with E-state index in [2.05, 4.69) is 0 Å². The lowest BCUT2D eigenvalue weighted by Gasteiger charge is -2.07. The monoisotopic (exact) mass is 289 g/mol. The third kappa shape index (κ3) is 3.51. The fraction of sp³-hybridized carbons (Fsp3) is 0.200. The van der Waals surface area contributed by atoms with Gasteiger partial charge in [0.25, 0.3) is 5.56 Å². The molecule has 1 aromatic carbocycles. The fourth-order valence-corrected chi connectivity index (χ4v) is 2.72. The Morgan fingerprint density at radius 1 is 1.30 bits per heavy atom. The summed E-state index contributed by atoms with van der Waals surface area (Å²) in [5.74, 6) is -0.198. The summed E-state index contributed by atoms with van der Waals surface area (Å²) in [6, 6.07) is 10.4. The van der Waals surface area contributed by atoms with Crippen LogP contribution in [0.15, 0.2) is 52.3 Å². The number of hydrogen-bond donors (Lipinski definition) is 1. The Kier molecular flexibility index (Phi) is 4.63. The Morgan fingerprint density at radius 2 is 2.10 bits per heavy atom. The summed E-state index contributed by atoms with van der Waals surface area (Å²) in [6.45, 7) is 2.38. The maximum Gasteiger partial charge on any atom is 0.335 e. The number of aromatic carboxylic acids is 1. The Morgan fingerprint density at radius 3 is 2.80 bits per heavy atom. The van der Waals surface area contributed by atoms with Gasteiger partial charge in [0.1, 0.15) is 0 Å². The van der Waals surface area contributed by atoms with Crippen LogP contribution in [0.4, 0.5) is 0 Å². The van der Waals surface area contributed by atoms with Crippen LogP contribution in [0.2, 0.25) is 0 Å². The zero-order valence-electron chi connectivity index (χ0n) is 11.1. The number of thioether (sulfide) groups is 1. The van der Waals surface area contributed by atoms with Crippen molar-refractivity contribution in [3.63, 3.8) is 0 Å². The summed E-state index contributed by atoms with van der Waals surface area (Å²) in [4.78, 5) is 23.5. The predicted molar refractivity (Wildman–Crippen MR) is 79.6 cm³/mol. The minimum absolute atomic E-state index is 0.0248. The second kappa shape index (κ2) is 6.43. The molecule has 0 atom stereocenters. The summed E-state index contributed by atoms with van der Waals surface area (Å²) < 4.78 is 1.64. The minimum atomic E-state index is -0.913. The predicted octanol–water partition coefficient (Wildman–Crippen LogP) is 2.65. The number of carboxylic acid groups (broad SMARTS) is 1. The first kappa shape index (κ1) is 14.4. The molecule has 0 radical (unpaired) electrons. The molecule has 20 heavy (non-hydrogen) atoms. The van der Waals surface area contributed by atoms with Gasteiger partial charge >= 0.3 is 5.97 Å². The van der Waals surface area contributed by atoms with E-state index in [1.165, 1.54) is 6.07 Å². The van der Waals surface area contributed by atoms with Crippen molar-refractivity contribution in [3.05, 3.63) is 64.1 Å². The lowest BCUT2D eigenvalue weighted by molar-refractivity contribution is 0.0696. The van der Waals surface area contributed by atoms with Gasteiger partial charge in [0.05, 0.1) is 5.56 Å². The van der Waals surface area contributed by atoms with Gasteiger partial charge in [-0.1, -0.05) is 12.1 Å². The second-order valence-electron chi connectivity index (χ2n) is 4.36. The number of benzene rings is 1. The molecule has 0 aliphatic rings. The lowest BCUT2D eigenvalue weighted by Crippen LogP contribution is -2.18. The smallest absolute Gasteiger partial charge is 0.335 e. The molecule has 0 spiro atoms. The van der Waals surface area contributed by atoms with E-state index in [0.717, 1.165) is 10.5 Å². The average Bonchev–Trinajstić information content (AvgIpc) is 2.42. The van der Waals surface area contributed by atoms with Crippen LogP contribution in [0.3, 0.4) is 0 Å². The number of carbonyl (C=O) groups is 1. The molecule has 1 aromatic heterocycles. The van der Waals surface area contributed by atoms with Crippen LogP contribution >= 0.6 is 11.8 Å². The molecule has 0 amide bonds. The van der Waals surface area contributed by atoms with Crippen LogP contribution in [0.25, 0.3) is 0 Å². The number of aromatic nitrogens is 1. The Labute approximate surface area is 121 Å². The highest BCUT2D eigenvalue weighted by Gasteiger charge is 2.08. The van der Waals surface area contributed by atoms with Crippen LogP contribution < -0.4 is 5.56 Å². The Hall–Kier alpha value is -2.01. The molecule has 0 aliphatic heterocycles. The third-order valence-corrected chi connectivity index (χ3v) is 3.91. The molecule has 104 valence electrons. The van der Waals surface area contributed by atoms with E-state index in [1.54, 1.807) is 47.6 Å². The molecule has 2 aromatic rings. The van der Waals surface area contributed by atoms with Gasteiger partial charge in [-0.15, -0.1) is 11.8 Å². The van der Waals surface area contributed by atoms with Crippen LogP contribution in [0.5, 0.6) is 0 Å². The van der Waals surface area contributed by atoms with Gasteiger partial charge < -0.3 is 9.67 Å². The highest BCUT2D eigenvalue weighted by atomic mass is 32.2. The SMILES string of the molecule is Cc1ccc(SCCn2ccccc2=O)cc1C(=O)O. The van der Waals surface area contributed by atoms with Gasteiger partial charge in [0.15, 0.2) is 0 Å². The number of nitrogens with zero attached hydrogens (tertiary/aromatic N) is 1. The molecule has 0 unspecified atom stereocenters. The first-order valence-corrected chi connectivity index (χ1v) is 7.18. The topological polar surface area (TPSA) is 59.3 Å². The van der Waals surface area contributed by atoms with E-state index in [1.807, 2.05) is 12.1 Å². The molecule has 0 aliphatic carbocycles. The van der Waals surface area contributed by atoms with Crippen molar-refractivity contribution in [3.8, 4) is 0 Å². The molecule has 0 saturated heterocycles. The number of hydrogen-bond acceptors (Lipinski definition) is 3. The van der Waals surface area contributed by atoms with Crippen molar-refractivity contribution in [1.82, 2.24) is 4.57 Å². The molecular weight excluding hydrogens is 274 g/mol. The number of carboxylic acids is 1. The van der Waals surface area contributed by atoms with Gasteiger partial charge in [-0.25, -0.2) is 4.79 Å². The Bertz CT molecular complexity index is 679. The van der Waals surface area contributed by atoms with E-state index < -0.39 is 5.97 Å². The van der Waals surface area contributed by atoms with Gasteiger partial charge in [0.2, 0.25) is 0 Å². The number of aryl methyl sites for hydroxylation is 2. The second-order valence-corrected chi connectivity index (χ2v) is 5.53. The molecule has 5 heteroatoms. The van der Waals surface area contributed by atoms with Crippen LogP contribution in [-0.4, -0.2) is 21.4 Å². The van der Waals surface area contributed by atoms with Crippen molar-refractivity contribution in [2.75, 3.05) is 5.75 Å². The Balaban J connectivity index is 2.01. The normalized spacial score (nSPS) is 10.4. The number of pyridine rings is 1. The van der Waals surface area contributed by atoms with Gasteiger partial charge in [-0.05, 0) is 30.7 Å². The summed E-state index contributed by atoms with van der Waals surface area (Å²) in [6.07, 6.45) is 1.75. The molecule has 0 fully saturated rings. The van der Waals surface area contributed by atoms with Crippen molar-refractivity contribution >= 4 is 17.7 Å². The zero-order valence-corrected chi connectivity index (χ0v) is 11.9. The van der Waals surface area contributed by atoms with Gasteiger partial charge in [-0.2, -0.15) is 0 Å². The minimum Gasteiger partial charge on any atom is -0.478 e. The van der Waals surface area contributed by atoms with Crippen LogP contribution in [-0.2, 0) is 6.54 Å². The van der Waals surface area contributed by atoms with E-state index in [9.17, 15) is 9.59 Å². The van der Waals surface area contributed by atoms with Crippen molar-refractivity contribution in [2.24, 2.45) is 0 Å². The molecule has 0 saturated carbocycles. The summed E-state index contributed by atoms with van der Waals surface area (Å²) in [5, 5.41) is 9.08. The summed E-state index contributed by atoms with van der Waals surface area (Å²) in [5.41, 5.74) is 1.05. The van der Waals surface area contributed by atoms with E-state index in [0.29, 0.717) is 17.9 Å². The van der Waals surface area contributed by atoms with E-state index >= 15 is 0 Å².